The van der Waals surface area contributed by atoms with E-state index in [0.29, 0.717) is 18.7 Å². The number of carbonyl (C=O) groups is 1. The van der Waals surface area contributed by atoms with Gasteiger partial charge in [-0.05, 0) is 12.8 Å². The molecule has 2 aromatic heterocycles. The van der Waals surface area contributed by atoms with E-state index in [1.807, 2.05) is 0 Å². The molecule has 0 aliphatic carbocycles. The molecule has 2 aromatic rings. The first-order valence-electron chi connectivity index (χ1n) is 7.26. The van der Waals surface area contributed by atoms with Crippen LogP contribution in [0.1, 0.15) is 24.2 Å². The molecule has 1 fully saturated rings. The standard InChI is InChI=1S/C15H18N6O/c1-16-14(22)15(13-10-18-5-7-20-13)3-2-8-21(15)11-12-9-17-4-6-19-12/h4-7,9-10H,2-3,8,11H2,1H3,(H,16,22). The maximum Gasteiger partial charge on any atom is 0.246 e. The van der Waals surface area contributed by atoms with Crippen molar-refractivity contribution in [3.63, 3.8) is 0 Å². The zero-order valence-corrected chi connectivity index (χ0v) is 12.4. The van der Waals surface area contributed by atoms with Crippen molar-refractivity contribution in [2.24, 2.45) is 0 Å². The number of hydrogen-bond donors (Lipinski definition) is 1. The summed E-state index contributed by atoms with van der Waals surface area (Å²) < 4.78 is 0. The molecule has 1 unspecified atom stereocenters. The summed E-state index contributed by atoms with van der Waals surface area (Å²) in [4.78, 5) is 31.7. The van der Waals surface area contributed by atoms with E-state index in [4.69, 9.17) is 0 Å². The van der Waals surface area contributed by atoms with Crippen LogP contribution in [0.4, 0.5) is 0 Å². The second-order valence-corrected chi connectivity index (χ2v) is 5.25. The van der Waals surface area contributed by atoms with Gasteiger partial charge in [-0.2, -0.15) is 0 Å². The van der Waals surface area contributed by atoms with E-state index in [0.717, 1.165) is 18.7 Å². The molecule has 0 spiro atoms. The van der Waals surface area contributed by atoms with Crippen molar-refractivity contribution in [1.29, 1.82) is 0 Å². The summed E-state index contributed by atoms with van der Waals surface area (Å²) in [5.41, 5.74) is 0.720. The van der Waals surface area contributed by atoms with Crippen molar-refractivity contribution < 1.29 is 4.79 Å². The quantitative estimate of drug-likeness (QED) is 0.885. The van der Waals surface area contributed by atoms with Crippen molar-refractivity contribution in [2.45, 2.75) is 24.9 Å². The topological polar surface area (TPSA) is 83.9 Å². The highest BCUT2D eigenvalue weighted by molar-refractivity contribution is 5.87. The van der Waals surface area contributed by atoms with Crippen molar-refractivity contribution in [3.8, 4) is 0 Å². The second-order valence-electron chi connectivity index (χ2n) is 5.25. The molecule has 1 amide bonds. The van der Waals surface area contributed by atoms with Gasteiger partial charge in [0.2, 0.25) is 5.91 Å². The third-order valence-corrected chi connectivity index (χ3v) is 4.07. The van der Waals surface area contributed by atoms with Crippen LogP contribution in [0.25, 0.3) is 0 Å². The number of likely N-dealkylation sites (N-methyl/N-ethyl adjacent to an activating group) is 1. The van der Waals surface area contributed by atoms with E-state index < -0.39 is 5.54 Å². The van der Waals surface area contributed by atoms with Gasteiger partial charge in [-0.25, -0.2) is 0 Å². The Bertz CT molecular complexity index is 635. The second kappa shape index (κ2) is 6.15. The molecule has 0 saturated carbocycles. The SMILES string of the molecule is CNC(=O)C1(c2cnccn2)CCCN1Cc1cnccn1. The molecule has 0 aromatic carbocycles. The molecular formula is C15H18N6O. The fraction of sp³-hybridized carbons (Fsp3) is 0.400. The van der Waals surface area contributed by atoms with E-state index in [9.17, 15) is 4.79 Å². The number of likely N-dealkylation sites (tertiary alicyclic amines) is 1. The van der Waals surface area contributed by atoms with E-state index >= 15 is 0 Å². The molecule has 1 aliphatic heterocycles. The fourth-order valence-electron chi connectivity index (χ4n) is 3.08. The Morgan fingerprint density at radius 2 is 2.00 bits per heavy atom. The third kappa shape index (κ3) is 2.43. The summed E-state index contributed by atoms with van der Waals surface area (Å²) in [7, 11) is 1.65. The van der Waals surface area contributed by atoms with Crippen molar-refractivity contribution in [2.75, 3.05) is 13.6 Å². The highest BCUT2D eigenvalue weighted by Crippen LogP contribution is 2.38. The minimum Gasteiger partial charge on any atom is -0.357 e. The van der Waals surface area contributed by atoms with E-state index in [2.05, 4.69) is 30.2 Å². The largest absolute Gasteiger partial charge is 0.357 e. The van der Waals surface area contributed by atoms with E-state index in [1.165, 1.54) is 0 Å². The number of amides is 1. The molecule has 0 bridgehead atoms. The Kier molecular flexibility index (Phi) is 4.06. The number of aromatic nitrogens is 4. The first-order valence-corrected chi connectivity index (χ1v) is 7.26. The van der Waals surface area contributed by atoms with Gasteiger partial charge in [0, 0.05) is 51.1 Å². The van der Waals surface area contributed by atoms with E-state index in [1.54, 1.807) is 44.2 Å². The van der Waals surface area contributed by atoms with Crippen LogP contribution in [-0.2, 0) is 16.9 Å². The smallest absolute Gasteiger partial charge is 0.246 e. The van der Waals surface area contributed by atoms with Crippen molar-refractivity contribution >= 4 is 5.91 Å². The van der Waals surface area contributed by atoms with Gasteiger partial charge in [0.15, 0.2) is 0 Å². The summed E-state index contributed by atoms with van der Waals surface area (Å²) in [6.45, 7) is 1.36. The van der Waals surface area contributed by atoms with Crippen LogP contribution >= 0.6 is 0 Å². The lowest BCUT2D eigenvalue weighted by Crippen LogP contribution is -2.52. The monoisotopic (exact) mass is 298 g/mol. The zero-order valence-electron chi connectivity index (χ0n) is 12.4. The predicted octanol–water partition coefficient (Wildman–Crippen LogP) is 0.504. The molecule has 3 heterocycles. The molecule has 0 radical (unpaired) electrons. The summed E-state index contributed by atoms with van der Waals surface area (Å²) in [5, 5.41) is 2.78. The van der Waals surface area contributed by atoms with E-state index in [-0.39, 0.29) is 5.91 Å². The zero-order chi connectivity index (χ0) is 15.4. The molecule has 1 N–H and O–H groups in total. The fourth-order valence-corrected chi connectivity index (χ4v) is 3.08. The van der Waals surface area contributed by atoms with Crippen LogP contribution in [0.5, 0.6) is 0 Å². The summed E-state index contributed by atoms with van der Waals surface area (Å²) in [6.07, 6.45) is 11.6. The summed E-state index contributed by atoms with van der Waals surface area (Å²) >= 11 is 0. The number of rotatable bonds is 4. The van der Waals surface area contributed by atoms with Gasteiger partial charge in [-0.15, -0.1) is 0 Å². The Morgan fingerprint density at radius 3 is 2.64 bits per heavy atom. The molecule has 7 nitrogen and oxygen atoms in total. The average molecular weight is 298 g/mol. The minimum absolute atomic E-state index is 0.0607. The van der Waals surface area contributed by atoms with Crippen LogP contribution in [0.3, 0.4) is 0 Å². The predicted molar refractivity (Wildman–Crippen MR) is 79.5 cm³/mol. The minimum atomic E-state index is -0.791. The first kappa shape index (κ1) is 14.5. The lowest BCUT2D eigenvalue weighted by Gasteiger charge is -2.35. The molecule has 1 atom stereocenters. The Labute approximate surface area is 128 Å². The molecule has 1 saturated heterocycles. The maximum atomic E-state index is 12.7. The number of nitrogens with one attached hydrogen (secondary N) is 1. The summed E-state index contributed by atoms with van der Waals surface area (Å²) in [5.74, 6) is -0.0607. The van der Waals surface area contributed by atoms with Crippen molar-refractivity contribution in [3.05, 3.63) is 48.6 Å². The number of nitrogens with zero attached hydrogens (tertiary/aromatic N) is 5. The van der Waals surface area contributed by atoms with Crippen LogP contribution in [0, 0.1) is 0 Å². The van der Waals surface area contributed by atoms with Gasteiger partial charge in [0.05, 0.1) is 17.6 Å². The van der Waals surface area contributed by atoms with Gasteiger partial charge >= 0.3 is 0 Å². The molecule has 1 aliphatic rings. The van der Waals surface area contributed by atoms with Gasteiger partial charge in [-0.1, -0.05) is 0 Å². The van der Waals surface area contributed by atoms with Gasteiger partial charge in [-0.3, -0.25) is 29.6 Å². The Balaban J connectivity index is 1.99. The molecule has 22 heavy (non-hydrogen) atoms. The number of carbonyl (C=O) groups excluding carboxylic acids is 1. The Hall–Kier alpha value is -2.41. The first-order chi connectivity index (χ1) is 10.8. The van der Waals surface area contributed by atoms with Gasteiger partial charge in [0.25, 0.3) is 0 Å². The van der Waals surface area contributed by atoms with Gasteiger partial charge in [0.1, 0.15) is 5.54 Å². The van der Waals surface area contributed by atoms with Gasteiger partial charge < -0.3 is 5.32 Å². The van der Waals surface area contributed by atoms with Crippen LogP contribution in [0.15, 0.2) is 37.2 Å². The highest BCUT2D eigenvalue weighted by atomic mass is 16.2. The maximum absolute atomic E-state index is 12.7. The molecule has 3 rings (SSSR count). The van der Waals surface area contributed by atoms with Crippen LogP contribution in [0.2, 0.25) is 0 Å². The third-order valence-electron chi connectivity index (χ3n) is 4.07. The highest BCUT2D eigenvalue weighted by Gasteiger charge is 2.49. The average Bonchev–Trinajstić information content (AvgIpc) is 3.00. The lowest BCUT2D eigenvalue weighted by molar-refractivity contribution is -0.132. The van der Waals surface area contributed by atoms with Crippen LogP contribution < -0.4 is 5.32 Å². The molecular weight excluding hydrogens is 280 g/mol. The number of hydrogen-bond acceptors (Lipinski definition) is 6. The molecule has 7 heteroatoms. The summed E-state index contributed by atoms with van der Waals surface area (Å²) in [6, 6.07) is 0. The normalized spacial score (nSPS) is 21.7. The lowest BCUT2D eigenvalue weighted by atomic mass is 9.90. The molecule has 114 valence electrons. The Morgan fingerprint density at radius 1 is 1.23 bits per heavy atom. The van der Waals surface area contributed by atoms with Crippen LogP contribution in [-0.4, -0.2) is 44.3 Å². The van der Waals surface area contributed by atoms with Crippen molar-refractivity contribution in [1.82, 2.24) is 30.2 Å².